The number of rotatable bonds is 5. The predicted molar refractivity (Wildman–Crippen MR) is 77.4 cm³/mol. The van der Waals surface area contributed by atoms with E-state index in [0.29, 0.717) is 17.9 Å². The third-order valence-electron chi connectivity index (χ3n) is 2.70. The number of benzene rings is 1. The van der Waals surface area contributed by atoms with Crippen molar-refractivity contribution in [1.29, 1.82) is 5.26 Å². The number of thiophene rings is 1. The molecule has 20 heavy (non-hydrogen) atoms. The molecule has 0 spiro atoms. The largest absolute Gasteiger partial charge is 0.480 e. The Labute approximate surface area is 121 Å². The molecular weight excluding hydrogens is 272 g/mol. The molecule has 0 saturated carbocycles. The molecule has 2 aromatic rings. The molecule has 4 nitrogen and oxygen atoms in total. The Balaban J connectivity index is 1.92. The van der Waals surface area contributed by atoms with Crippen LogP contribution in [0.15, 0.2) is 41.8 Å². The molecule has 0 aliphatic rings. The van der Waals surface area contributed by atoms with Crippen molar-refractivity contribution in [3.05, 3.63) is 52.2 Å². The molecule has 1 unspecified atom stereocenters. The molecule has 0 aliphatic carbocycles. The maximum Gasteiger partial charge on any atom is 0.261 e. The van der Waals surface area contributed by atoms with E-state index in [1.807, 2.05) is 23.6 Å². The van der Waals surface area contributed by atoms with Crippen LogP contribution >= 0.6 is 11.3 Å². The van der Waals surface area contributed by atoms with Crippen LogP contribution in [0, 0.1) is 11.3 Å². The minimum Gasteiger partial charge on any atom is -0.480 e. The van der Waals surface area contributed by atoms with Gasteiger partial charge in [0.1, 0.15) is 11.8 Å². The Morgan fingerprint density at radius 1 is 1.40 bits per heavy atom. The van der Waals surface area contributed by atoms with E-state index in [1.165, 1.54) is 0 Å². The van der Waals surface area contributed by atoms with Gasteiger partial charge in [0, 0.05) is 4.88 Å². The van der Waals surface area contributed by atoms with Crippen molar-refractivity contribution in [3.63, 3.8) is 0 Å². The first-order valence-electron chi connectivity index (χ1n) is 6.16. The van der Waals surface area contributed by atoms with E-state index in [2.05, 4.69) is 5.32 Å². The van der Waals surface area contributed by atoms with Crippen molar-refractivity contribution < 1.29 is 9.53 Å². The third-order valence-corrected chi connectivity index (χ3v) is 3.57. The van der Waals surface area contributed by atoms with Gasteiger partial charge >= 0.3 is 0 Å². The molecule has 102 valence electrons. The normalized spacial score (nSPS) is 11.4. The Morgan fingerprint density at radius 3 is 2.90 bits per heavy atom. The number of para-hydroxylation sites is 1. The molecule has 1 amide bonds. The molecule has 2 rings (SSSR count). The van der Waals surface area contributed by atoms with Gasteiger partial charge < -0.3 is 10.1 Å². The summed E-state index contributed by atoms with van der Waals surface area (Å²) >= 11 is 1.59. The molecule has 1 heterocycles. The predicted octanol–water partition coefficient (Wildman–Crippen LogP) is 2.70. The van der Waals surface area contributed by atoms with Crippen LogP contribution in [-0.2, 0) is 11.3 Å². The standard InChI is InChI=1S/C15H14N2O2S/c1-11(15(18)17-10-13-6-4-8-20-13)19-14-7-3-2-5-12(14)9-16/h2-8,11H,10H2,1H3,(H,17,18). The lowest BCUT2D eigenvalue weighted by Gasteiger charge is -2.15. The fraction of sp³-hybridized carbons (Fsp3) is 0.200. The van der Waals surface area contributed by atoms with Crippen LogP contribution in [0.25, 0.3) is 0 Å². The lowest BCUT2D eigenvalue weighted by Crippen LogP contribution is -2.35. The first-order chi connectivity index (χ1) is 9.70. The van der Waals surface area contributed by atoms with E-state index in [0.717, 1.165) is 4.88 Å². The van der Waals surface area contributed by atoms with Gasteiger partial charge in [0.15, 0.2) is 6.10 Å². The van der Waals surface area contributed by atoms with Crippen molar-refractivity contribution in [2.75, 3.05) is 0 Å². The Hall–Kier alpha value is -2.32. The lowest BCUT2D eigenvalue weighted by molar-refractivity contribution is -0.127. The maximum atomic E-state index is 11.9. The molecule has 1 aromatic heterocycles. The van der Waals surface area contributed by atoms with Crippen molar-refractivity contribution in [3.8, 4) is 11.8 Å². The monoisotopic (exact) mass is 286 g/mol. The van der Waals surface area contributed by atoms with Gasteiger partial charge in [-0.25, -0.2) is 0 Å². The number of carbonyl (C=O) groups excluding carboxylic acids is 1. The van der Waals surface area contributed by atoms with Gasteiger partial charge in [-0.15, -0.1) is 11.3 Å². The summed E-state index contributed by atoms with van der Waals surface area (Å²) in [5.74, 6) is 0.222. The summed E-state index contributed by atoms with van der Waals surface area (Å²) in [5.41, 5.74) is 0.422. The summed E-state index contributed by atoms with van der Waals surface area (Å²) in [7, 11) is 0. The van der Waals surface area contributed by atoms with Crippen LogP contribution in [0.2, 0.25) is 0 Å². The first kappa shape index (κ1) is 14.1. The van der Waals surface area contributed by atoms with Crippen molar-refractivity contribution in [2.24, 2.45) is 0 Å². The second kappa shape index (κ2) is 6.73. The maximum absolute atomic E-state index is 11.9. The summed E-state index contributed by atoms with van der Waals surface area (Å²) < 4.78 is 5.54. The molecule has 1 atom stereocenters. The second-order valence-corrected chi connectivity index (χ2v) is 5.20. The Bertz CT molecular complexity index is 617. The quantitative estimate of drug-likeness (QED) is 0.919. The Morgan fingerprint density at radius 2 is 2.20 bits per heavy atom. The van der Waals surface area contributed by atoms with Gasteiger partial charge in [-0.05, 0) is 30.5 Å². The van der Waals surface area contributed by atoms with Crippen LogP contribution in [0.4, 0.5) is 0 Å². The summed E-state index contributed by atoms with van der Waals surface area (Å²) in [6.07, 6.45) is -0.649. The van der Waals surface area contributed by atoms with Crippen LogP contribution in [0.3, 0.4) is 0 Å². The topological polar surface area (TPSA) is 62.1 Å². The lowest BCUT2D eigenvalue weighted by atomic mass is 10.2. The number of nitrogens with one attached hydrogen (secondary N) is 1. The van der Waals surface area contributed by atoms with Gasteiger partial charge in [0.2, 0.25) is 0 Å². The Kier molecular flexibility index (Phi) is 4.75. The zero-order chi connectivity index (χ0) is 14.4. The van der Waals surface area contributed by atoms with Gasteiger partial charge in [-0.2, -0.15) is 5.26 Å². The van der Waals surface area contributed by atoms with E-state index in [1.54, 1.807) is 42.5 Å². The van der Waals surface area contributed by atoms with Crippen LogP contribution < -0.4 is 10.1 Å². The number of hydrogen-bond acceptors (Lipinski definition) is 4. The third kappa shape index (κ3) is 3.59. The number of nitriles is 1. The molecular formula is C15H14N2O2S. The number of ether oxygens (including phenoxy) is 1. The van der Waals surface area contributed by atoms with E-state index >= 15 is 0 Å². The van der Waals surface area contributed by atoms with E-state index in [-0.39, 0.29) is 5.91 Å². The summed E-state index contributed by atoms with van der Waals surface area (Å²) in [5, 5.41) is 13.7. The molecule has 0 radical (unpaired) electrons. The van der Waals surface area contributed by atoms with E-state index in [4.69, 9.17) is 10.00 Å². The first-order valence-corrected chi connectivity index (χ1v) is 7.04. The smallest absolute Gasteiger partial charge is 0.261 e. The highest BCUT2D eigenvalue weighted by Crippen LogP contribution is 2.18. The zero-order valence-corrected chi connectivity index (χ0v) is 11.8. The fourth-order valence-electron chi connectivity index (χ4n) is 1.64. The average molecular weight is 286 g/mol. The van der Waals surface area contributed by atoms with Crippen molar-refractivity contribution >= 4 is 17.2 Å². The summed E-state index contributed by atoms with van der Waals surface area (Å²) in [4.78, 5) is 13.0. The molecule has 0 bridgehead atoms. The SMILES string of the molecule is CC(Oc1ccccc1C#N)C(=O)NCc1cccs1. The van der Waals surface area contributed by atoms with E-state index < -0.39 is 6.10 Å². The average Bonchev–Trinajstić information content (AvgIpc) is 2.98. The number of carbonyl (C=O) groups is 1. The number of nitrogens with zero attached hydrogens (tertiary/aromatic N) is 1. The molecule has 0 aliphatic heterocycles. The van der Waals surface area contributed by atoms with Gasteiger partial charge in [0.25, 0.3) is 5.91 Å². The molecule has 1 aromatic carbocycles. The van der Waals surface area contributed by atoms with Gasteiger partial charge in [0.05, 0.1) is 12.1 Å². The fourth-order valence-corrected chi connectivity index (χ4v) is 2.28. The van der Waals surface area contributed by atoms with Crippen LogP contribution in [0.5, 0.6) is 5.75 Å². The van der Waals surface area contributed by atoms with Crippen molar-refractivity contribution in [2.45, 2.75) is 19.6 Å². The van der Waals surface area contributed by atoms with Gasteiger partial charge in [-0.3, -0.25) is 4.79 Å². The van der Waals surface area contributed by atoms with Crippen molar-refractivity contribution in [1.82, 2.24) is 5.32 Å². The highest BCUT2D eigenvalue weighted by Gasteiger charge is 2.15. The number of hydrogen-bond donors (Lipinski definition) is 1. The van der Waals surface area contributed by atoms with E-state index in [9.17, 15) is 4.79 Å². The molecule has 5 heteroatoms. The number of amides is 1. The highest BCUT2D eigenvalue weighted by molar-refractivity contribution is 7.09. The van der Waals surface area contributed by atoms with Gasteiger partial charge in [-0.1, -0.05) is 18.2 Å². The molecule has 1 N–H and O–H groups in total. The second-order valence-electron chi connectivity index (χ2n) is 4.17. The van der Waals surface area contributed by atoms with Crippen LogP contribution in [-0.4, -0.2) is 12.0 Å². The summed E-state index contributed by atoms with van der Waals surface area (Å²) in [6, 6.07) is 12.8. The molecule has 0 saturated heterocycles. The minimum absolute atomic E-state index is 0.203. The minimum atomic E-state index is -0.649. The zero-order valence-electron chi connectivity index (χ0n) is 11.0. The highest BCUT2D eigenvalue weighted by atomic mass is 32.1. The summed E-state index contributed by atoms with van der Waals surface area (Å²) in [6.45, 7) is 2.15. The van der Waals surface area contributed by atoms with Crippen LogP contribution in [0.1, 0.15) is 17.4 Å². The molecule has 0 fully saturated rings.